The highest BCUT2D eigenvalue weighted by molar-refractivity contribution is 7.93. The normalized spacial score (nSPS) is 18.4. The molecule has 0 fully saturated rings. The Morgan fingerprint density at radius 1 is 1.14 bits per heavy atom. The van der Waals surface area contributed by atoms with E-state index < -0.39 is 33.3 Å². The number of anilines is 2. The van der Waals surface area contributed by atoms with Gasteiger partial charge in [-0.1, -0.05) is 51.1 Å². The van der Waals surface area contributed by atoms with Crippen molar-refractivity contribution in [2.24, 2.45) is 0 Å². The van der Waals surface area contributed by atoms with Crippen LogP contribution in [0, 0.1) is 0 Å². The highest BCUT2D eigenvalue weighted by Crippen LogP contribution is 2.33. The first-order valence-electron chi connectivity index (χ1n) is 9.85. The summed E-state index contributed by atoms with van der Waals surface area (Å²) in [5.41, 5.74) is 2.98. The minimum Gasteiger partial charge on any atom is -0.326 e. The van der Waals surface area contributed by atoms with Gasteiger partial charge in [0, 0.05) is 5.69 Å². The molecule has 0 unspecified atom stereocenters. The maximum Gasteiger partial charge on any atom is 0.243 e. The van der Waals surface area contributed by atoms with Crippen LogP contribution in [-0.4, -0.2) is 25.5 Å². The van der Waals surface area contributed by atoms with Gasteiger partial charge in [0.1, 0.15) is 0 Å². The predicted molar refractivity (Wildman–Crippen MR) is 114 cm³/mol. The van der Waals surface area contributed by atoms with Crippen LogP contribution in [0.3, 0.4) is 0 Å². The molecule has 2 amide bonds. The van der Waals surface area contributed by atoms with Gasteiger partial charge in [-0.05, 0) is 42.0 Å². The average molecular weight is 415 g/mol. The first-order valence-corrected chi connectivity index (χ1v) is 11.4. The van der Waals surface area contributed by atoms with Gasteiger partial charge >= 0.3 is 0 Å². The van der Waals surface area contributed by atoms with Gasteiger partial charge in [-0.15, -0.1) is 0 Å². The van der Waals surface area contributed by atoms with Crippen molar-refractivity contribution >= 4 is 33.0 Å². The molecular formula is C22H26N2O4S. The third-order valence-corrected chi connectivity index (χ3v) is 7.56. The zero-order valence-corrected chi connectivity index (χ0v) is 17.7. The second kappa shape index (κ2) is 8.37. The van der Waals surface area contributed by atoms with E-state index in [1.165, 1.54) is 12.1 Å². The summed E-state index contributed by atoms with van der Waals surface area (Å²) in [6.45, 7) is 6.16. The summed E-state index contributed by atoms with van der Waals surface area (Å²) in [4.78, 5) is 25.3. The third-order valence-electron chi connectivity index (χ3n) is 5.46. The van der Waals surface area contributed by atoms with Gasteiger partial charge in [0.2, 0.25) is 11.8 Å². The molecule has 6 nitrogen and oxygen atoms in total. The maximum absolute atomic E-state index is 12.9. The van der Waals surface area contributed by atoms with Crippen molar-refractivity contribution in [2.75, 3.05) is 10.6 Å². The molecule has 0 saturated carbocycles. The summed E-state index contributed by atoms with van der Waals surface area (Å²) in [5, 5.41) is 4.04. The summed E-state index contributed by atoms with van der Waals surface area (Å²) >= 11 is 0. The standard InChI is InChI=1S/C22H26N2O4S/c1-4-14(3)16-10-8-9-15(5-2)21(16)24-20(25)13-19-22(26)23-17-11-6-7-12-18(17)29(19,27)28/h6-12,14,19H,4-5,13H2,1-3H3,(H,23,26)(H,24,25)/t14-,19-/m1/s1. The van der Waals surface area contributed by atoms with E-state index >= 15 is 0 Å². The minimum atomic E-state index is -3.94. The molecule has 1 aliphatic heterocycles. The van der Waals surface area contributed by atoms with Gasteiger partial charge in [-0.3, -0.25) is 9.59 Å². The van der Waals surface area contributed by atoms with E-state index in [4.69, 9.17) is 0 Å². The summed E-state index contributed by atoms with van der Waals surface area (Å²) in [6.07, 6.45) is 1.21. The second-order valence-corrected chi connectivity index (χ2v) is 9.41. The Hall–Kier alpha value is -2.67. The van der Waals surface area contributed by atoms with Crippen LogP contribution >= 0.6 is 0 Å². The molecule has 2 aromatic rings. The highest BCUT2D eigenvalue weighted by atomic mass is 32.2. The molecule has 3 rings (SSSR count). The Morgan fingerprint density at radius 3 is 2.55 bits per heavy atom. The van der Waals surface area contributed by atoms with Gasteiger partial charge < -0.3 is 10.6 Å². The lowest BCUT2D eigenvalue weighted by Crippen LogP contribution is -2.42. The number of para-hydroxylation sites is 2. The second-order valence-electron chi connectivity index (χ2n) is 7.32. The van der Waals surface area contributed by atoms with E-state index in [0.717, 1.165) is 29.7 Å². The Morgan fingerprint density at radius 2 is 1.86 bits per heavy atom. The van der Waals surface area contributed by atoms with Gasteiger partial charge in [0.05, 0.1) is 17.0 Å². The lowest BCUT2D eigenvalue weighted by Gasteiger charge is -2.25. The zero-order valence-electron chi connectivity index (χ0n) is 16.9. The van der Waals surface area contributed by atoms with Crippen LogP contribution < -0.4 is 10.6 Å². The number of hydrogen-bond acceptors (Lipinski definition) is 4. The van der Waals surface area contributed by atoms with Gasteiger partial charge in [0.25, 0.3) is 0 Å². The summed E-state index contributed by atoms with van der Waals surface area (Å²) in [6, 6.07) is 12.1. The number of fused-ring (bicyclic) bond motifs is 1. The van der Waals surface area contributed by atoms with Crippen LogP contribution in [0.1, 0.15) is 50.7 Å². The van der Waals surface area contributed by atoms with Crippen LogP contribution in [0.5, 0.6) is 0 Å². The van der Waals surface area contributed by atoms with Crippen LogP contribution in [0.25, 0.3) is 0 Å². The molecule has 154 valence electrons. The molecule has 2 N–H and O–H groups in total. The molecule has 7 heteroatoms. The zero-order chi connectivity index (χ0) is 21.2. The molecule has 29 heavy (non-hydrogen) atoms. The van der Waals surface area contributed by atoms with E-state index in [1.54, 1.807) is 12.1 Å². The number of carbonyl (C=O) groups excluding carboxylic acids is 2. The lowest BCUT2D eigenvalue weighted by atomic mass is 9.93. The van der Waals surface area contributed by atoms with Crippen molar-refractivity contribution in [1.82, 2.24) is 0 Å². The predicted octanol–water partition coefficient (Wildman–Crippen LogP) is 3.89. The molecule has 2 atom stereocenters. The number of benzene rings is 2. The van der Waals surface area contributed by atoms with Crippen molar-refractivity contribution < 1.29 is 18.0 Å². The van der Waals surface area contributed by atoms with Crippen molar-refractivity contribution in [3.8, 4) is 0 Å². The van der Waals surface area contributed by atoms with E-state index in [0.29, 0.717) is 0 Å². The van der Waals surface area contributed by atoms with Crippen molar-refractivity contribution in [3.63, 3.8) is 0 Å². The third kappa shape index (κ3) is 4.05. The van der Waals surface area contributed by atoms with E-state index in [-0.39, 0.29) is 16.5 Å². The minimum absolute atomic E-state index is 0.0478. The van der Waals surface area contributed by atoms with E-state index in [9.17, 15) is 18.0 Å². The van der Waals surface area contributed by atoms with Crippen LogP contribution in [0.15, 0.2) is 47.4 Å². The summed E-state index contributed by atoms with van der Waals surface area (Å²) < 4.78 is 25.8. The van der Waals surface area contributed by atoms with Crippen molar-refractivity contribution in [1.29, 1.82) is 0 Å². The van der Waals surface area contributed by atoms with Crippen LogP contribution in [0.4, 0.5) is 11.4 Å². The van der Waals surface area contributed by atoms with Crippen LogP contribution in [0.2, 0.25) is 0 Å². The Bertz CT molecular complexity index is 1050. The smallest absolute Gasteiger partial charge is 0.243 e. The first-order chi connectivity index (χ1) is 13.8. The van der Waals surface area contributed by atoms with Gasteiger partial charge in [-0.2, -0.15) is 0 Å². The number of nitrogens with one attached hydrogen (secondary N) is 2. The number of carbonyl (C=O) groups is 2. The van der Waals surface area contributed by atoms with Gasteiger partial charge in [-0.25, -0.2) is 8.42 Å². The topological polar surface area (TPSA) is 92.3 Å². The molecular weight excluding hydrogens is 388 g/mol. The number of hydrogen-bond donors (Lipinski definition) is 2. The molecule has 2 aromatic carbocycles. The molecule has 0 bridgehead atoms. The Kier molecular flexibility index (Phi) is 6.07. The SMILES string of the molecule is CCc1cccc([C@H](C)CC)c1NC(=O)C[C@@H]1C(=O)Nc2ccccc2S1(=O)=O. The quantitative estimate of drug-likeness (QED) is 0.750. The molecule has 0 saturated heterocycles. The fraction of sp³-hybridized carbons (Fsp3) is 0.364. The Balaban J connectivity index is 1.88. The fourth-order valence-electron chi connectivity index (χ4n) is 3.58. The molecule has 1 heterocycles. The first kappa shape index (κ1) is 21.0. The molecule has 0 aliphatic carbocycles. The van der Waals surface area contributed by atoms with E-state index in [1.807, 2.05) is 25.1 Å². The molecule has 1 aliphatic rings. The average Bonchev–Trinajstić information content (AvgIpc) is 2.70. The number of aryl methyl sites for hydroxylation is 1. The lowest BCUT2D eigenvalue weighted by molar-refractivity contribution is -0.121. The monoisotopic (exact) mass is 414 g/mol. The van der Waals surface area contributed by atoms with Crippen molar-refractivity contribution in [2.45, 2.75) is 56.1 Å². The molecule has 0 spiro atoms. The van der Waals surface area contributed by atoms with E-state index in [2.05, 4.69) is 24.5 Å². The fourth-order valence-corrected chi connectivity index (χ4v) is 5.30. The number of sulfone groups is 1. The van der Waals surface area contributed by atoms with Gasteiger partial charge in [0.15, 0.2) is 15.1 Å². The maximum atomic E-state index is 12.9. The largest absolute Gasteiger partial charge is 0.326 e. The molecule has 0 radical (unpaired) electrons. The summed E-state index contributed by atoms with van der Waals surface area (Å²) in [5.74, 6) is -0.922. The van der Waals surface area contributed by atoms with Crippen LogP contribution in [-0.2, 0) is 25.8 Å². The highest BCUT2D eigenvalue weighted by Gasteiger charge is 2.41. The molecule has 0 aromatic heterocycles. The Labute approximate surface area is 171 Å². The number of rotatable bonds is 6. The summed E-state index contributed by atoms with van der Waals surface area (Å²) in [7, 11) is -3.94. The van der Waals surface area contributed by atoms with Crippen molar-refractivity contribution in [3.05, 3.63) is 53.6 Å². The number of amides is 2.